The van der Waals surface area contributed by atoms with E-state index < -0.39 is 0 Å². The first-order valence-corrected chi connectivity index (χ1v) is 12.6. The second-order valence-corrected chi connectivity index (χ2v) is 8.92. The number of hydrogen-bond acceptors (Lipinski definition) is 6. The molecular formula is C29H31N4O5+. The van der Waals surface area contributed by atoms with Crippen molar-refractivity contribution in [3.8, 4) is 22.9 Å². The number of nitrogens with zero attached hydrogens (tertiary/aromatic N) is 3. The molecule has 4 aromatic rings. The van der Waals surface area contributed by atoms with Gasteiger partial charge < -0.3 is 19.1 Å². The first kappa shape index (κ1) is 25.1. The number of pyridine rings is 2. The van der Waals surface area contributed by atoms with Gasteiger partial charge in [-0.05, 0) is 49.4 Å². The van der Waals surface area contributed by atoms with E-state index >= 15 is 0 Å². The number of carbonyl (C=O) groups is 1. The lowest BCUT2D eigenvalue weighted by atomic mass is 10.0. The number of methoxy groups -OCH3 is 2. The van der Waals surface area contributed by atoms with Crippen LogP contribution in [-0.4, -0.2) is 62.4 Å². The summed E-state index contributed by atoms with van der Waals surface area (Å²) < 4.78 is 18.0. The second-order valence-electron chi connectivity index (χ2n) is 8.92. The van der Waals surface area contributed by atoms with Crippen LogP contribution in [0.25, 0.3) is 16.5 Å². The predicted molar refractivity (Wildman–Crippen MR) is 145 cm³/mol. The maximum absolute atomic E-state index is 13.9. The number of hydrogen-bond donors (Lipinski definition) is 0. The van der Waals surface area contributed by atoms with Crippen LogP contribution in [0.3, 0.4) is 0 Å². The first-order valence-electron chi connectivity index (χ1n) is 12.6. The number of aromatic amines is 1. The summed E-state index contributed by atoms with van der Waals surface area (Å²) in [4.78, 5) is 34.9. The number of amides is 1. The van der Waals surface area contributed by atoms with E-state index in [1.165, 1.54) is 18.8 Å². The molecule has 9 heteroatoms. The average Bonchev–Trinajstić information content (AvgIpc) is 2.97. The van der Waals surface area contributed by atoms with Gasteiger partial charge in [0.15, 0.2) is 11.5 Å². The van der Waals surface area contributed by atoms with Gasteiger partial charge in [-0.3, -0.25) is 19.1 Å². The van der Waals surface area contributed by atoms with Crippen molar-refractivity contribution in [3.63, 3.8) is 0 Å². The number of fused-ring (bicyclic) bond motifs is 1. The number of H-pyrrole nitrogens is 1. The van der Waals surface area contributed by atoms with Crippen molar-refractivity contribution in [2.45, 2.75) is 6.92 Å². The van der Waals surface area contributed by atoms with Crippen molar-refractivity contribution in [3.05, 3.63) is 82.9 Å². The van der Waals surface area contributed by atoms with Gasteiger partial charge in [0.2, 0.25) is 0 Å². The highest BCUT2D eigenvalue weighted by atomic mass is 16.5. The molecule has 1 amide bonds. The van der Waals surface area contributed by atoms with Gasteiger partial charge in [-0.2, -0.15) is 0 Å². The zero-order valence-corrected chi connectivity index (χ0v) is 21.8. The predicted octanol–water partition coefficient (Wildman–Crippen LogP) is 3.18. The molecule has 1 aliphatic rings. The molecule has 1 fully saturated rings. The molecule has 0 unspecified atom stereocenters. The maximum atomic E-state index is 13.9. The third-order valence-corrected chi connectivity index (χ3v) is 6.78. The Labute approximate surface area is 220 Å². The van der Waals surface area contributed by atoms with Gasteiger partial charge in [0.05, 0.1) is 51.1 Å². The molecular weight excluding hydrogens is 484 g/mol. The van der Waals surface area contributed by atoms with Gasteiger partial charge in [0.1, 0.15) is 18.8 Å². The molecule has 1 saturated heterocycles. The van der Waals surface area contributed by atoms with Crippen LogP contribution >= 0.6 is 0 Å². The van der Waals surface area contributed by atoms with Crippen molar-refractivity contribution >= 4 is 22.5 Å². The highest BCUT2D eigenvalue weighted by Crippen LogP contribution is 2.33. The standard InChI is InChI=1S/C29H30N4O5/c1-4-38-21-10-8-20(9-11-21)33-19-24(22-17-25(36-2)26(37-3)18-23(22)29(33)35)28(34)32-15-13-31(14-16-32)27-7-5-6-12-30-27/h5-12,17-19H,4,13-16H2,1-3H3/p+1. The molecule has 38 heavy (non-hydrogen) atoms. The van der Waals surface area contributed by atoms with E-state index in [-0.39, 0.29) is 11.5 Å². The lowest BCUT2D eigenvalue weighted by Gasteiger charge is -2.31. The van der Waals surface area contributed by atoms with E-state index in [0.717, 1.165) is 5.82 Å². The molecule has 2 aromatic carbocycles. The number of benzene rings is 2. The van der Waals surface area contributed by atoms with E-state index in [1.807, 2.05) is 60.5 Å². The molecule has 0 atom stereocenters. The summed E-state index contributed by atoms with van der Waals surface area (Å²) in [6.07, 6.45) is 3.52. The normalized spacial score (nSPS) is 13.4. The van der Waals surface area contributed by atoms with Crippen LogP contribution in [0.5, 0.6) is 17.2 Å². The van der Waals surface area contributed by atoms with Gasteiger partial charge >= 0.3 is 0 Å². The summed E-state index contributed by atoms with van der Waals surface area (Å²) in [5.74, 6) is 2.47. The number of anilines is 1. The first-order chi connectivity index (χ1) is 18.5. The molecule has 0 saturated carbocycles. The van der Waals surface area contributed by atoms with E-state index in [2.05, 4.69) is 9.88 Å². The molecule has 0 aliphatic carbocycles. The van der Waals surface area contributed by atoms with E-state index in [1.54, 1.807) is 18.3 Å². The maximum Gasteiger partial charge on any atom is 0.274 e. The molecule has 196 valence electrons. The summed E-state index contributed by atoms with van der Waals surface area (Å²) in [5, 5.41) is 0.901. The van der Waals surface area contributed by atoms with Crippen molar-refractivity contribution in [2.24, 2.45) is 0 Å². The molecule has 2 aromatic heterocycles. The molecule has 5 rings (SSSR count). The van der Waals surface area contributed by atoms with Crippen LogP contribution in [0.2, 0.25) is 0 Å². The summed E-state index contributed by atoms with van der Waals surface area (Å²) in [5.41, 5.74) is 0.800. The molecule has 9 nitrogen and oxygen atoms in total. The molecule has 0 radical (unpaired) electrons. The zero-order chi connectivity index (χ0) is 26.6. The quantitative estimate of drug-likeness (QED) is 0.376. The van der Waals surface area contributed by atoms with Crippen LogP contribution in [0.1, 0.15) is 17.3 Å². The van der Waals surface area contributed by atoms with Crippen LogP contribution < -0.4 is 29.7 Å². The van der Waals surface area contributed by atoms with Crippen LogP contribution in [0, 0.1) is 0 Å². The molecule has 3 heterocycles. The lowest BCUT2D eigenvalue weighted by molar-refractivity contribution is -0.364. The molecule has 0 spiro atoms. The fraction of sp³-hybridized carbons (Fsp3) is 0.276. The summed E-state index contributed by atoms with van der Waals surface area (Å²) in [6.45, 7) is 4.96. The van der Waals surface area contributed by atoms with Gasteiger partial charge in [-0.25, -0.2) is 4.98 Å². The molecule has 1 aliphatic heterocycles. The Bertz CT molecular complexity index is 1490. The summed E-state index contributed by atoms with van der Waals surface area (Å²) >= 11 is 0. The number of ether oxygens (including phenoxy) is 3. The summed E-state index contributed by atoms with van der Waals surface area (Å²) in [7, 11) is 3.06. The fourth-order valence-electron chi connectivity index (χ4n) is 4.80. The summed E-state index contributed by atoms with van der Waals surface area (Å²) in [6, 6.07) is 16.5. The van der Waals surface area contributed by atoms with Crippen molar-refractivity contribution < 1.29 is 24.0 Å². The largest absolute Gasteiger partial charge is 0.494 e. The topological polar surface area (TPSA) is 87.4 Å². The Morgan fingerprint density at radius 1 is 0.921 bits per heavy atom. The molecule has 1 N–H and O–H groups in total. The Kier molecular flexibility index (Phi) is 7.17. The van der Waals surface area contributed by atoms with Gasteiger partial charge in [0.25, 0.3) is 17.3 Å². The third kappa shape index (κ3) is 4.74. The number of carbonyl (C=O) groups excluding carboxylic acids is 1. The highest BCUT2D eigenvalue weighted by Gasteiger charge is 2.29. The van der Waals surface area contributed by atoms with Crippen LogP contribution in [0.4, 0.5) is 5.82 Å². The average molecular weight is 516 g/mol. The van der Waals surface area contributed by atoms with Gasteiger partial charge in [-0.1, -0.05) is 6.07 Å². The minimum atomic E-state index is -0.258. The molecule has 0 bridgehead atoms. The van der Waals surface area contributed by atoms with E-state index in [4.69, 9.17) is 14.2 Å². The number of piperazine rings is 1. The van der Waals surface area contributed by atoms with Gasteiger partial charge in [0, 0.05) is 23.3 Å². The Morgan fingerprint density at radius 3 is 2.21 bits per heavy atom. The van der Waals surface area contributed by atoms with E-state index in [0.29, 0.717) is 72.1 Å². The van der Waals surface area contributed by atoms with E-state index in [9.17, 15) is 9.59 Å². The minimum absolute atomic E-state index is 0.140. The fourth-order valence-corrected chi connectivity index (χ4v) is 4.80. The second kappa shape index (κ2) is 10.8. The smallest absolute Gasteiger partial charge is 0.274 e. The van der Waals surface area contributed by atoms with Crippen LogP contribution in [-0.2, 0) is 0 Å². The Morgan fingerprint density at radius 2 is 1.61 bits per heavy atom. The van der Waals surface area contributed by atoms with Gasteiger partial charge in [-0.15, -0.1) is 0 Å². The Balaban J connectivity index is 1.56. The van der Waals surface area contributed by atoms with Crippen molar-refractivity contribution in [2.75, 3.05) is 51.9 Å². The highest BCUT2D eigenvalue weighted by molar-refractivity contribution is 6.07. The zero-order valence-electron chi connectivity index (χ0n) is 21.8. The van der Waals surface area contributed by atoms with Crippen molar-refractivity contribution in [1.82, 2.24) is 9.47 Å². The lowest BCUT2D eigenvalue weighted by Crippen LogP contribution is -2.50. The van der Waals surface area contributed by atoms with Crippen molar-refractivity contribution in [1.29, 1.82) is 0 Å². The SMILES string of the molecule is CCOc1ccc(-n2cc(C(=O)N3CCN(c4cccc[nH+]4)CC3)c3cc(OC)c(OC)cc3c2=O)cc1. The number of rotatable bonds is 7. The Hall–Kier alpha value is -4.53. The minimum Gasteiger partial charge on any atom is -0.494 e. The number of aromatic nitrogens is 2. The monoisotopic (exact) mass is 515 g/mol. The third-order valence-electron chi connectivity index (χ3n) is 6.78. The van der Waals surface area contributed by atoms with Crippen LogP contribution in [0.15, 0.2) is 71.8 Å². The number of nitrogens with one attached hydrogen (secondary N) is 1.